The van der Waals surface area contributed by atoms with Crippen LogP contribution in [0.5, 0.6) is 5.75 Å². The van der Waals surface area contributed by atoms with Gasteiger partial charge in [-0.1, -0.05) is 18.2 Å². The maximum Gasteiger partial charge on any atom is 0.320 e. The zero-order valence-corrected chi connectivity index (χ0v) is 11.2. The van der Waals surface area contributed by atoms with Gasteiger partial charge < -0.3 is 19.3 Å². The Morgan fingerprint density at radius 1 is 1.25 bits per heavy atom. The second kappa shape index (κ2) is 5.92. The topological polar surface area (TPSA) is 82.1 Å². The van der Waals surface area contributed by atoms with E-state index in [-0.39, 0.29) is 6.42 Å². The van der Waals surface area contributed by atoms with Crippen LogP contribution in [-0.2, 0) is 19.1 Å². The van der Waals surface area contributed by atoms with Gasteiger partial charge in [-0.15, -0.1) is 0 Å². The zero-order valence-electron chi connectivity index (χ0n) is 11.2. The zero-order chi connectivity index (χ0) is 14.7. The van der Waals surface area contributed by atoms with Gasteiger partial charge in [0.05, 0.1) is 14.2 Å². The summed E-state index contributed by atoms with van der Waals surface area (Å²) < 4.78 is 14.6. The summed E-state index contributed by atoms with van der Waals surface area (Å²) in [5.74, 6) is -2.59. The van der Waals surface area contributed by atoms with E-state index in [1.807, 2.05) is 0 Å². The lowest BCUT2D eigenvalue weighted by Gasteiger charge is -2.32. The highest BCUT2D eigenvalue weighted by atomic mass is 16.6. The van der Waals surface area contributed by atoms with Crippen LogP contribution in [0, 0.1) is 5.92 Å². The van der Waals surface area contributed by atoms with Gasteiger partial charge in [-0.25, -0.2) is 0 Å². The quantitative estimate of drug-likeness (QED) is 0.652. The van der Waals surface area contributed by atoms with E-state index >= 15 is 0 Å². The van der Waals surface area contributed by atoms with Crippen molar-refractivity contribution in [1.29, 1.82) is 0 Å². The summed E-state index contributed by atoms with van der Waals surface area (Å²) in [7, 11) is 2.42. The lowest BCUT2D eigenvalue weighted by molar-refractivity contribution is -0.161. The number of fused-ring (bicyclic) bond motifs is 1. The van der Waals surface area contributed by atoms with E-state index < -0.39 is 30.1 Å². The fourth-order valence-corrected chi connectivity index (χ4v) is 2.43. The number of ether oxygens (including phenoxy) is 3. The van der Waals surface area contributed by atoms with E-state index in [0.717, 1.165) is 0 Å². The predicted octanol–water partition coefficient (Wildman–Crippen LogP) is 0.833. The van der Waals surface area contributed by atoms with Gasteiger partial charge >= 0.3 is 11.9 Å². The fourth-order valence-electron chi connectivity index (χ4n) is 2.43. The van der Waals surface area contributed by atoms with Crippen LogP contribution >= 0.6 is 0 Å². The van der Waals surface area contributed by atoms with Crippen LogP contribution in [0.15, 0.2) is 24.3 Å². The van der Waals surface area contributed by atoms with Crippen molar-refractivity contribution in [2.45, 2.75) is 18.6 Å². The van der Waals surface area contributed by atoms with Crippen molar-refractivity contribution in [3.63, 3.8) is 0 Å². The summed E-state index contributed by atoms with van der Waals surface area (Å²) in [5.41, 5.74) is 0.679. The van der Waals surface area contributed by atoms with Crippen molar-refractivity contribution in [2.24, 2.45) is 5.92 Å². The first-order chi connectivity index (χ1) is 9.58. The number of benzene rings is 1. The first-order valence-electron chi connectivity index (χ1n) is 6.17. The highest BCUT2D eigenvalue weighted by Crippen LogP contribution is 2.40. The van der Waals surface area contributed by atoms with E-state index in [9.17, 15) is 14.7 Å². The maximum atomic E-state index is 11.9. The van der Waals surface area contributed by atoms with Gasteiger partial charge in [0, 0.05) is 12.3 Å². The summed E-state index contributed by atoms with van der Waals surface area (Å²) >= 11 is 0. The molecule has 6 heteroatoms. The van der Waals surface area contributed by atoms with Crippen molar-refractivity contribution < 1.29 is 28.9 Å². The van der Waals surface area contributed by atoms with Crippen molar-refractivity contribution in [3.8, 4) is 5.75 Å². The van der Waals surface area contributed by atoms with Crippen molar-refractivity contribution in [3.05, 3.63) is 29.8 Å². The van der Waals surface area contributed by atoms with Crippen LogP contribution in [0.4, 0.5) is 0 Å². The second-order valence-corrected chi connectivity index (χ2v) is 4.48. The van der Waals surface area contributed by atoms with Crippen molar-refractivity contribution in [1.82, 2.24) is 0 Å². The molecule has 0 saturated carbocycles. The van der Waals surface area contributed by atoms with Crippen LogP contribution in [0.3, 0.4) is 0 Å². The van der Waals surface area contributed by atoms with E-state index in [0.29, 0.717) is 11.3 Å². The number of carbonyl (C=O) groups is 2. The molecule has 0 aromatic heterocycles. The highest BCUT2D eigenvalue weighted by molar-refractivity contribution is 5.96. The third-order valence-corrected chi connectivity index (χ3v) is 3.35. The number of para-hydroxylation sites is 1. The lowest BCUT2D eigenvalue weighted by atomic mass is 9.81. The average Bonchev–Trinajstić information content (AvgIpc) is 2.46. The van der Waals surface area contributed by atoms with Crippen LogP contribution < -0.4 is 4.74 Å². The first kappa shape index (κ1) is 14.3. The molecule has 0 fully saturated rings. The summed E-state index contributed by atoms with van der Waals surface area (Å²) in [6, 6.07) is 6.96. The molecule has 1 aliphatic rings. The van der Waals surface area contributed by atoms with E-state index in [2.05, 4.69) is 9.47 Å². The minimum Gasteiger partial charge on any atom is -0.468 e. The van der Waals surface area contributed by atoms with Gasteiger partial charge in [-0.3, -0.25) is 9.59 Å². The predicted molar refractivity (Wildman–Crippen MR) is 68.0 cm³/mol. The third-order valence-electron chi connectivity index (χ3n) is 3.35. The highest BCUT2D eigenvalue weighted by Gasteiger charge is 2.42. The molecule has 1 N–H and O–H groups in total. The molecule has 108 valence electrons. The largest absolute Gasteiger partial charge is 0.468 e. The normalized spacial score (nSPS) is 20.8. The van der Waals surface area contributed by atoms with Gasteiger partial charge in [0.2, 0.25) is 0 Å². The van der Waals surface area contributed by atoms with Crippen molar-refractivity contribution >= 4 is 11.9 Å². The standard InChI is InChI=1S/C14H16O6/c1-18-13(16)12(14(17)19-2)9-7-11(15)20-10-6-4-3-5-8(9)10/h3-6,9,11-12,15H,7H2,1-2H3/t9-,11?/m0/s1. The summed E-state index contributed by atoms with van der Waals surface area (Å²) in [5, 5.41) is 9.76. The van der Waals surface area contributed by atoms with Crippen LogP contribution in [-0.4, -0.2) is 37.6 Å². The van der Waals surface area contributed by atoms with E-state index in [1.165, 1.54) is 14.2 Å². The summed E-state index contributed by atoms with van der Waals surface area (Å²) in [6.07, 6.45) is -0.960. The molecule has 1 heterocycles. The fraction of sp³-hybridized carbons (Fsp3) is 0.429. The van der Waals surface area contributed by atoms with Gasteiger partial charge in [0.25, 0.3) is 0 Å². The Balaban J connectivity index is 2.43. The molecule has 0 spiro atoms. The molecule has 2 rings (SSSR count). The van der Waals surface area contributed by atoms with E-state index in [1.54, 1.807) is 24.3 Å². The Kier molecular flexibility index (Phi) is 4.24. The molecule has 1 aliphatic heterocycles. The molecule has 0 saturated heterocycles. The minimum absolute atomic E-state index is 0.117. The Hall–Kier alpha value is -2.08. The molecule has 1 aromatic carbocycles. The van der Waals surface area contributed by atoms with Crippen LogP contribution in [0.2, 0.25) is 0 Å². The Labute approximate surface area is 116 Å². The number of rotatable bonds is 3. The maximum absolute atomic E-state index is 11.9. The van der Waals surface area contributed by atoms with Gasteiger partial charge in [-0.05, 0) is 11.6 Å². The van der Waals surface area contributed by atoms with Crippen LogP contribution in [0.1, 0.15) is 17.9 Å². The number of hydrogen-bond donors (Lipinski definition) is 1. The molecular weight excluding hydrogens is 264 g/mol. The van der Waals surface area contributed by atoms with Crippen LogP contribution in [0.25, 0.3) is 0 Å². The molecule has 6 nitrogen and oxygen atoms in total. The monoisotopic (exact) mass is 280 g/mol. The number of hydrogen-bond acceptors (Lipinski definition) is 6. The molecule has 0 bridgehead atoms. The molecule has 0 amide bonds. The van der Waals surface area contributed by atoms with Gasteiger partial charge in [0.15, 0.2) is 12.2 Å². The SMILES string of the molecule is COC(=O)C(C(=O)OC)[C@H]1CC(O)Oc2ccccc21. The summed E-state index contributed by atoms with van der Waals surface area (Å²) in [6.45, 7) is 0. The number of aliphatic hydroxyl groups is 1. The van der Waals surface area contributed by atoms with Crippen molar-refractivity contribution in [2.75, 3.05) is 14.2 Å². The first-order valence-corrected chi connectivity index (χ1v) is 6.17. The smallest absolute Gasteiger partial charge is 0.320 e. The number of carbonyl (C=O) groups excluding carboxylic acids is 2. The third kappa shape index (κ3) is 2.60. The Morgan fingerprint density at radius 2 is 1.85 bits per heavy atom. The number of methoxy groups -OCH3 is 2. The molecular formula is C14H16O6. The molecule has 1 unspecified atom stereocenters. The molecule has 2 atom stereocenters. The molecule has 20 heavy (non-hydrogen) atoms. The van der Waals surface area contributed by atoms with Gasteiger partial charge in [0.1, 0.15) is 5.75 Å². The molecule has 0 radical (unpaired) electrons. The lowest BCUT2D eigenvalue weighted by Crippen LogP contribution is -2.37. The molecule has 0 aliphatic carbocycles. The van der Waals surface area contributed by atoms with E-state index in [4.69, 9.17) is 4.74 Å². The van der Waals surface area contributed by atoms with Gasteiger partial charge in [-0.2, -0.15) is 0 Å². The minimum atomic E-state index is -1.12. The Bertz CT molecular complexity index is 496. The second-order valence-electron chi connectivity index (χ2n) is 4.48. The number of aliphatic hydroxyl groups excluding tert-OH is 1. The Morgan fingerprint density at radius 3 is 2.45 bits per heavy atom. The molecule has 1 aromatic rings. The average molecular weight is 280 g/mol. The number of esters is 2. The summed E-state index contributed by atoms with van der Waals surface area (Å²) in [4.78, 5) is 23.8.